The average molecular weight is 300 g/mol. The maximum absolute atomic E-state index is 12.5. The lowest BCUT2D eigenvalue weighted by Crippen LogP contribution is -2.33. The number of allylic oxidation sites excluding steroid dienone is 1. The predicted molar refractivity (Wildman–Crippen MR) is 93.3 cm³/mol. The first kappa shape index (κ1) is 16.8. The fraction of sp³-hybridized carbons (Fsp3) is 0.526. The molecular formula is C19H28N2O. The van der Waals surface area contributed by atoms with Crippen LogP contribution >= 0.6 is 0 Å². The van der Waals surface area contributed by atoms with E-state index in [9.17, 15) is 4.79 Å². The first-order valence-corrected chi connectivity index (χ1v) is 8.07. The van der Waals surface area contributed by atoms with Crippen molar-refractivity contribution in [1.29, 1.82) is 0 Å². The smallest absolute Gasteiger partial charge is 0.171 e. The third kappa shape index (κ3) is 2.95. The summed E-state index contributed by atoms with van der Waals surface area (Å²) in [5.41, 5.74) is 3.43. The lowest BCUT2D eigenvalue weighted by molar-refractivity contribution is -0.115. The van der Waals surface area contributed by atoms with Crippen molar-refractivity contribution in [3.8, 4) is 0 Å². The van der Waals surface area contributed by atoms with Crippen LogP contribution in [0, 0.1) is 0 Å². The number of likely N-dealkylation sites (N-methyl/N-ethyl adjacent to an activating group) is 2. The van der Waals surface area contributed by atoms with Crippen LogP contribution in [0.15, 0.2) is 36.0 Å². The van der Waals surface area contributed by atoms with E-state index < -0.39 is 0 Å². The fourth-order valence-electron chi connectivity index (χ4n) is 3.17. The van der Waals surface area contributed by atoms with Gasteiger partial charge in [-0.05, 0) is 32.0 Å². The summed E-state index contributed by atoms with van der Waals surface area (Å²) >= 11 is 0. The Labute approximate surface area is 134 Å². The van der Waals surface area contributed by atoms with Crippen molar-refractivity contribution in [2.45, 2.75) is 45.6 Å². The molecule has 1 aromatic rings. The van der Waals surface area contributed by atoms with E-state index in [-0.39, 0.29) is 11.2 Å². The molecule has 1 aromatic carbocycles. The molecule has 1 atom stereocenters. The van der Waals surface area contributed by atoms with E-state index in [4.69, 9.17) is 0 Å². The highest BCUT2D eigenvalue weighted by Crippen LogP contribution is 2.46. The number of para-hydroxylation sites is 1. The molecule has 1 aliphatic rings. The average Bonchev–Trinajstić information content (AvgIpc) is 2.68. The summed E-state index contributed by atoms with van der Waals surface area (Å²) in [5, 5.41) is 0. The fourth-order valence-corrected chi connectivity index (χ4v) is 3.17. The molecule has 3 nitrogen and oxygen atoms in total. The number of fused-ring (bicyclic) bond motifs is 1. The highest BCUT2D eigenvalue weighted by atomic mass is 16.1. The predicted octanol–water partition coefficient (Wildman–Crippen LogP) is 3.60. The van der Waals surface area contributed by atoms with Crippen LogP contribution in [0.1, 0.15) is 39.7 Å². The molecule has 22 heavy (non-hydrogen) atoms. The summed E-state index contributed by atoms with van der Waals surface area (Å²) in [6.07, 6.45) is 2.88. The Morgan fingerprint density at radius 2 is 2.00 bits per heavy atom. The molecule has 1 unspecified atom stereocenters. The number of carbonyl (C=O) groups is 1. The van der Waals surface area contributed by atoms with E-state index in [0.29, 0.717) is 12.6 Å². The quantitative estimate of drug-likeness (QED) is 0.776. The Morgan fingerprint density at radius 1 is 1.36 bits per heavy atom. The van der Waals surface area contributed by atoms with Gasteiger partial charge in [0.15, 0.2) is 5.78 Å². The molecule has 2 rings (SSSR count). The van der Waals surface area contributed by atoms with E-state index in [1.54, 1.807) is 0 Å². The molecule has 0 amide bonds. The zero-order valence-corrected chi connectivity index (χ0v) is 14.7. The van der Waals surface area contributed by atoms with Crippen LogP contribution in [0.3, 0.4) is 0 Å². The van der Waals surface area contributed by atoms with Gasteiger partial charge in [0.05, 0.1) is 6.54 Å². The Bertz CT molecular complexity index is 589. The molecule has 0 aliphatic carbocycles. The lowest BCUT2D eigenvalue weighted by Gasteiger charge is -2.25. The van der Waals surface area contributed by atoms with Crippen molar-refractivity contribution in [3.05, 3.63) is 41.6 Å². The minimum atomic E-state index is -0.129. The zero-order chi connectivity index (χ0) is 16.5. The summed E-state index contributed by atoms with van der Waals surface area (Å²) in [5.74, 6) is 0.172. The molecule has 0 saturated carbocycles. The van der Waals surface area contributed by atoms with Crippen LogP contribution in [-0.4, -0.2) is 37.4 Å². The number of hydrogen-bond donors (Lipinski definition) is 0. The molecule has 1 heterocycles. The summed E-state index contributed by atoms with van der Waals surface area (Å²) < 4.78 is 0. The largest absolute Gasteiger partial charge is 0.347 e. The highest BCUT2D eigenvalue weighted by Gasteiger charge is 2.38. The lowest BCUT2D eigenvalue weighted by atomic mass is 9.83. The molecular weight excluding hydrogens is 272 g/mol. The van der Waals surface area contributed by atoms with E-state index in [1.165, 1.54) is 11.3 Å². The topological polar surface area (TPSA) is 23.6 Å². The van der Waals surface area contributed by atoms with Crippen molar-refractivity contribution in [2.75, 3.05) is 25.5 Å². The summed E-state index contributed by atoms with van der Waals surface area (Å²) in [6.45, 7) is 9.15. The van der Waals surface area contributed by atoms with Crippen molar-refractivity contribution >= 4 is 11.5 Å². The molecule has 0 saturated heterocycles. The SMILES string of the molecule is CCC(C)N(C)CC(=O)/C=C1\N(C)c2ccccc2C1(C)C. The van der Waals surface area contributed by atoms with E-state index in [1.807, 2.05) is 26.2 Å². The van der Waals surface area contributed by atoms with Crippen LogP contribution in [0.25, 0.3) is 0 Å². The van der Waals surface area contributed by atoms with E-state index in [0.717, 1.165) is 12.1 Å². The van der Waals surface area contributed by atoms with Gasteiger partial charge in [-0.15, -0.1) is 0 Å². The highest BCUT2D eigenvalue weighted by molar-refractivity contribution is 5.94. The van der Waals surface area contributed by atoms with Crippen LogP contribution in [0.5, 0.6) is 0 Å². The number of benzene rings is 1. The summed E-state index contributed by atoms with van der Waals surface area (Å²) in [7, 11) is 4.06. The number of hydrogen-bond acceptors (Lipinski definition) is 3. The normalized spacial score (nSPS) is 19.6. The first-order valence-electron chi connectivity index (χ1n) is 8.07. The maximum Gasteiger partial charge on any atom is 0.171 e. The Kier molecular flexibility index (Phi) is 4.76. The molecule has 0 spiro atoms. The van der Waals surface area contributed by atoms with Gasteiger partial charge in [-0.2, -0.15) is 0 Å². The Balaban J connectivity index is 2.24. The van der Waals surface area contributed by atoms with Gasteiger partial charge < -0.3 is 4.90 Å². The van der Waals surface area contributed by atoms with Crippen molar-refractivity contribution in [3.63, 3.8) is 0 Å². The molecule has 3 heteroatoms. The van der Waals surface area contributed by atoms with Crippen molar-refractivity contribution < 1.29 is 4.79 Å². The number of nitrogens with zero attached hydrogens (tertiary/aromatic N) is 2. The van der Waals surface area contributed by atoms with E-state index >= 15 is 0 Å². The number of rotatable bonds is 5. The minimum Gasteiger partial charge on any atom is -0.347 e. The number of anilines is 1. The minimum absolute atomic E-state index is 0.129. The summed E-state index contributed by atoms with van der Waals surface area (Å²) in [4.78, 5) is 16.7. The van der Waals surface area contributed by atoms with Gasteiger partial charge in [0.1, 0.15) is 0 Å². The van der Waals surface area contributed by atoms with Crippen LogP contribution < -0.4 is 4.90 Å². The Hall–Kier alpha value is -1.61. The molecule has 1 aliphatic heterocycles. The zero-order valence-electron chi connectivity index (χ0n) is 14.7. The molecule has 0 bridgehead atoms. The van der Waals surface area contributed by atoms with Gasteiger partial charge in [0, 0.05) is 36.0 Å². The second kappa shape index (κ2) is 6.25. The maximum atomic E-state index is 12.5. The number of ketones is 1. The third-order valence-electron chi connectivity index (χ3n) is 4.99. The van der Waals surface area contributed by atoms with Crippen LogP contribution in [-0.2, 0) is 10.2 Å². The molecule has 0 radical (unpaired) electrons. The van der Waals surface area contributed by atoms with Crippen molar-refractivity contribution in [2.24, 2.45) is 0 Å². The molecule has 0 N–H and O–H groups in total. The van der Waals surface area contributed by atoms with Gasteiger partial charge in [-0.3, -0.25) is 9.69 Å². The third-order valence-corrected chi connectivity index (χ3v) is 4.99. The molecule has 0 aromatic heterocycles. The van der Waals surface area contributed by atoms with Gasteiger partial charge >= 0.3 is 0 Å². The van der Waals surface area contributed by atoms with Gasteiger partial charge in [0.25, 0.3) is 0 Å². The van der Waals surface area contributed by atoms with Gasteiger partial charge in [-0.1, -0.05) is 39.0 Å². The van der Waals surface area contributed by atoms with Gasteiger partial charge in [0.2, 0.25) is 0 Å². The standard InChI is InChI=1S/C19H28N2O/c1-7-14(2)20(5)13-15(22)12-18-19(3,4)16-10-8-9-11-17(16)21(18)6/h8-12,14H,7,13H2,1-6H3/b18-12-. The summed E-state index contributed by atoms with van der Waals surface area (Å²) in [6, 6.07) is 8.81. The monoisotopic (exact) mass is 300 g/mol. The second-order valence-corrected chi connectivity index (χ2v) is 6.87. The first-order chi connectivity index (χ1) is 10.3. The van der Waals surface area contributed by atoms with Crippen LogP contribution in [0.2, 0.25) is 0 Å². The second-order valence-electron chi connectivity index (χ2n) is 6.87. The molecule has 120 valence electrons. The Morgan fingerprint density at radius 3 is 2.59 bits per heavy atom. The molecule has 0 fully saturated rings. The van der Waals surface area contributed by atoms with E-state index in [2.05, 4.69) is 55.7 Å². The van der Waals surface area contributed by atoms with Gasteiger partial charge in [-0.25, -0.2) is 0 Å². The van der Waals surface area contributed by atoms with Crippen molar-refractivity contribution in [1.82, 2.24) is 4.90 Å². The number of carbonyl (C=O) groups excluding carboxylic acids is 1. The van der Waals surface area contributed by atoms with Crippen LogP contribution in [0.4, 0.5) is 5.69 Å².